The lowest BCUT2D eigenvalue weighted by Gasteiger charge is -2.11. The molecule has 2 heterocycles. The van der Waals surface area contributed by atoms with Gasteiger partial charge in [-0.25, -0.2) is 4.98 Å². The highest BCUT2D eigenvalue weighted by Crippen LogP contribution is 2.33. The van der Waals surface area contributed by atoms with E-state index in [4.69, 9.17) is 5.73 Å². The predicted octanol–water partition coefficient (Wildman–Crippen LogP) is 3.59. The second-order valence-electron chi connectivity index (χ2n) is 5.09. The molecule has 0 saturated carbocycles. The maximum absolute atomic E-state index is 11.9. The summed E-state index contributed by atoms with van der Waals surface area (Å²) < 4.78 is 0. The first-order chi connectivity index (χ1) is 10.6. The molecule has 110 valence electrons. The summed E-state index contributed by atoms with van der Waals surface area (Å²) in [6.07, 6.45) is 1.73. The van der Waals surface area contributed by atoms with Crippen molar-refractivity contribution in [1.29, 1.82) is 0 Å². The molecule has 3 aromatic rings. The summed E-state index contributed by atoms with van der Waals surface area (Å²) in [4.78, 5) is 20.7. The Labute approximate surface area is 132 Å². The van der Waals surface area contributed by atoms with Crippen LogP contribution in [0.15, 0.2) is 41.9 Å². The zero-order valence-corrected chi connectivity index (χ0v) is 13.1. The molecule has 0 unspecified atom stereocenters. The molecule has 2 aromatic heterocycles. The third kappa shape index (κ3) is 2.63. The number of aryl methyl sites for hydroxylation is 2. The number of nitrogens with two attached hydrogens (primary N) is 1. The Morgan fingerprint density at radius 2 is 2.05 bits per heavy atom. The van der Waals surface area contributed by atoms with Gasteiger partial charge < -0.3 is 5.73 Å². The van der Waals surface area contributed by atoms with E-state index in [0.29, 0.717) is 5.56 Å². The van der Waals surface area contributed by atoms with Crippen molar-refractivity contribution in [1.82, 2.24) is 9.97 Å². The fourth-order valence-electron chi connectivity index (χ4n) is 2.42. The number of carbonyl (C=O) groups is 1. The fourth-order valence-corrected chi connectivity index (χ4v) is 3.34. The zero-order valence-electron chi connectivity index (χ0n) is 12.3. The van der Waals surface area contributed by atoms with Gasteiger partial charge in [0, 0.05) is 28.4 Å². The summed E-state index contributed by atoms with van der Waals surface area (Å²) in [6.45, 7) is 3.90. The second-order valence-corrected chi connectivity index (χ2v) is 5.95. The maximum atomic E-state index is 11.9. The Balaban J connectivity index is 2.22. The van der Waals surface area contributed by atoms with Crippen molar-refractivity contribution in [2.24, 2.45) is 5.73 Å². The molecule has 0 radical (unpaired) electrons. The lowest BCUT2D eigenvalue weighted by molar-refractivity contribution is 0.100. The number of carbonyl (C=O) groups excluding carboxylic acids is 1. The molecule has 5 heteroatoms. The molecule has 4 nitrogen and oxygen atoms in total. The quantitative estimate of drug-likeness (QED) is 0.804. The Kier molecular flexibility index (Phi) is 3.73. The van der Waals surface area contributed by atoms with E-state index >= 15 is 0 Å². The SMILES string of the molecule is Cc1csc(-c2c(C)cc(-c3ccccn3)cc2C(N)=O)n1. The molecule has 0 aliphatic heterocycles. The second kappa shape index (κ2) is 5.69. The van der Waals surface area contributed by atoms with Gasteiger partial charge in [-0.3, -0.25) is 9.78 Å². The van der Waals surface area contributed by atoms with Crippen LogP contribution >= 0.6 is 11.3 Å². The van der Waals surface area contributed by atoms with E-state index in [9.17, 15) is 4.79 Å². The van der Waals surface area contributed by atoms with E-state index in [1.165, 1.54) is 11.3 Å². The molecule has 0 atom stereocenters. The average Bonchev–Trinajstić information content (AvgIpc) is 2.93. The van der Waals surface area contributed by atoms with E-state index in [1.807, 2.05) is 43.5 Å². The number of hydrogen-bond donors (Lipinski definition) is 1. The van der Waals surface area contributed by atoms with Crippen molar-refractivity contribution in [2.75, 3.05) is 0 Å². The molecular weight excluding hydrogens is 294 g/mol. The van der Waals surface area contributed by atoms with E-state index in [1.54, 1.807) is 12.3 Å². The Bertz CT molecular complexity index is 840. The number of benzene rings is 1. The van der Waals surface area contributed by atoms with E-state index in [-0.39, 0.29) is 0 Å². The van der Waals surface area contributed by atoms with Gasteiger partial charge in [-0.1, -0.05) is 6.07 Å². The van der Waals surface area contributed by atoms with Crippen LogP contribution in [0, 0.1) is 13.8 Å². The molecule has 2 N–H and O–H groups in total. The molecule has 1 amide bonds. The van der Waals surface area contributed by atoms with Crippen molar-refractivity contribution >= 4 is 17.2 Å². The number of hydrogen-bond acceptors (Lipinski definition) is 4. The van der Waals surface area contributed by atoms with Crippen LogP contribution in [-0.4, -0.2) is 15.9 Å². The number of thiazole rings is 1. The Morgan fingerprint density at radius 3 is 2.64 bits per heavy atom. The summed E-state index contributed by atoms with van der Waals surface area (Å²) in [7, 11) is 0. The first-order valence-corrected chi connectivity index (χ1v) is 7.72. The Hall–Kier alpha value is -2.53. The molecule has 1 aromatic carbocycles. The van der Waals surface area contributed by atoms with Gasteiger partial charge in [0.2, 0.25) is 5.91 Å². The molecule has 0 spiro atoms. The first kappa shape index (κ1) is 14.4. The van der Waals surface area contributed by atoms with E-state index in [0.717, 1.165) is 33.1 Å². The normalized spacial score (nSPS) is 10.6. The van der Waals surface area contributed by atoms with Gasteiger partial charge in [0.15, 0.2) is 0 Å². The van der Waals surface area contributed by atoms with Gasteiger partial charge in [0.25, 0.3) is 0 Å². The Morgan fingerprint density at radius 1 is 1.23 bits per heavy atom. The summed E-state index contributed by atoms with van der Waals surface area (Å²) in [6, 6.07) is 9.50. The lowest BCUT2D eigenvalue weighted by Crippen LogP contribution is -2.13. The van der Waals surface area contributed by atoms with E-state index in [2.05, 4.69) is 9.97 Å². The highest BCUT2D eigenvalue weighted by Gasteiger charge is 2.17. The van der Waals surface area contributed by atoms with Crippen molar-refractivity contribution in [3.8, 4) is 21.8 Å². The summed E-state index contributed by atoms with van der Waals surface area (Å²) in [5.74, 6) is -0.455. The fraction of sp³-hybridized carbons (Fsp3) is 0.118. The maximum Gasteiger partial charge on any atom is 0.249 e. The number of primary amides is 1. The minimum atomic E-state index is -0.455. The van der Waals surface area contributed by atoms with Gasteiger partial charge in [0.05, 0.1) is 11.3 Å². The first-order valence-electron chi connectivity index (χ1n) is 6.84. The van der Waals surface area contributed by atoms with Crippen LogP contribution < -0.4 is 5.73 Å². The van der Waals surface area contributed by atoms with Crippen LogP contribution in [-0.2, 0) is 0 Å². The van der Waals surface area contributed by atoms with Crippen molar-refractivity contribution in [2.45, 2.75) is 13.8 Å². The summed E-state index contributed by atoms with van der Waals surface area (Å²) in [5.41, 5.74) is 10.5. The van der Waals surface area contributed by atoms with Gasteiger partial charge in [0.1, 0.15) is 5.01 Å². The van der Waals surface area contributed by atoms with Crippen LogP contribution in [0.4, 0.5) is 0 Å². The number of aromatic nitrogens is 2. The molecule has 22 heavy (non-hydrogen) atoms. The molecular formula is C17H15N3OS. The standard InChI is InChI=1S/C17H15N3OS/c1-10-7-12(14-5-3-4-6-19-14)8-13(16(18)21)15(10)17-20-11(2)9-22-17/h3-9H,1-2H3,(H2,18,21). The van der Waals surface area contributed by atoms with Crippen LogP contribution in [0.3, 0.4) is 0 Å². The number of nitrogens with zero attached hydrogens (tertiary/aromatic N) is 2. The zero-order chi connectivity index (χ0) is 15.7. The van der Waals surface area contributed by atoms with Crippen LogP contribution in [0.25, 0.3) is 21.8 Å². The van der Waals surface area contributed by atoms with Gasteiger partial charge in [-0.15, -0.1) is 11.3 Å². The van der Waals surface area contributed by atoms with Crippen molar-refractivity contribution < 1.29 is 4.79 Å². The van der Waals surface area contributed by atoms with Gasteiger partial charge in [-0.05, 0) is 43.7 Å². The molecule has 0 saturated heterocycles. The third-order valence-corrected chi connectivity index (χ3v) is 4.37. The summed E-state index contributed by atoms with van der Waals surface area (Å²) >= 11 is 1.52. The van der Waals surface area contributed by atoms with Crippen molar-refractivity contribution in [3.63, 3.8) is 0 Å². The minimum Gasteiger partial charge on any atom is -0.366 e. The lowest BCUT2D eigenvalue weighted by atomic mass is 9.96. The monoisotopic (exact) mass is 309 g/mol. The molecule has 3 rings (SSSR count). The average molecular weight is 309 g/mol. The largest absolute Gasteiger partial charge is 0.366 e. The highest BCUT2D eigenvalue weighted by molar-refractivity contribution is 7.13. The van der Waals surface area contributed by atoms with Crippen LogP contribution in [0.1, 0.15) is 21.6 Å². The molecule has 0 bridgehead atoms. The van der Waals surface area contributed by atoms with Crippen LogP contribution in [0.5, 0.6) is 0 Å². The molecule has 0 aliphatic carbocycles. The smallest absolute Gasteiger partial charge is 0.249 e. The summed E-state index contributed by atoms with van der Waals surface area (Å²) in [5, 5.41) is 2.78. The number of amides is 1. The predicted molar refractivity (Wildman–Crippen MR) is 88.8 cm³/mol. The van der Waals surface area contributed by atoms with E-state index < -0.39 is 5.91 Å². The minimum absolute atomic E-state index is 0.455. The topological polar surface area (TPSA) is 68.9 Å². The number of pyridine rings is 1. The van der Waals surface area contributed by atoms with Gasteiger partial charge in [-0.2, -0.15) is 0 Å². The molecule has 0 aliphatic rings. The highest BCUT2D eigenvalue weighted by atomic mass is 32.1. The molecule has 0 fully saturated rings. The van der Waals surface area contributed by atoms with Crippen LogP contribution in [0.2, 0.25) is 0 Å². The third-order valence-electron chi connectivity index (χ3n) is 3.39. The van der Waals surface area contributed by atoms with Gasteiger partial charge >= 0.3 is 0 Å². The number of rotatable bonds is 3. The van der Waals surface area contributed by atoms with Crippen molar-refractivity contribution in [3.05, 3.63) is 58.7 Å².